The second-order valence-electron chi connectivity index (χ2n) is 5.23. The first-order valence-corrected chi connectivity index (χ1v) is 8.18. The van der Waals surface area contributed by atoms with Gasteiger partial charge in [0.1, 0.15) is 11.5 Å². The van der Waals surface area contributed by atoms with E-state index in [1.807, 2.05) is 0 Å². The summed E-state index contributed by atoms with van der Waals surface area (Å²) in [5, 5.41) is 6.08. The zero-order valence-corrected chi connectivity index (χ0v) is 15.4. The standard InChI is InChI=1S/C17H16Cl2F2N2O3/c1-9-5-13(15(25-2)7-11(9)18)23-16(24)8-22-10-3-4-14(12(19)6-10)26-17(20)21/h3-7,17,22H,8H2,1-2H3,(H,23,24). The Morgan fingerprint density at radius 3 is 2.50 bits per heavy atom. The summed E-state index contributed by atoms with van der Waals surface area (Å²) < 4.78 is 33.9. The third-order valence-corrected chi connectivity index (χ3v) is 4.06. The molecule has 9 heteroatoms. The lowest BCUT2D eigenvalue weighted by atomic mass is 10.2. The number of hydrogen-bond donors (Lipinski definition) is 2. The average molecular weight is 405 g/mol. The van der Waals surface area contributed by atoms with Gasteiger partial charge in [0.25, 0.3) is 0 Å². The number of amides is 1. The molecule has 0 heterocycles. The highest BCUT2D eigenvalue weighted by Gasteiger charge is 2.12. The Labute approximate surface area is 159 Å². The Bertz CT molecular complexity index is 804. The third kappa shape index (κ3) is 5.37. The molecule has 26 heavy (non-hydrogen) atoms. The summed E-state index contributed by atoms with van der Waals surface area (Å²) in [4.78, 5) is 12.1. The van der Waals surface area contributed by atoms with Crippen LogP contribution in [0.15, 0.2) is 30.3 Å². The van der Waals surface area contributed by atoms with E-state index in [1.54, 1.807) is 19.1 Å². The number of carbonyl (C=O) groups excluding carboxylic acids is 1. The van der Waals surface area contributed by atoms with Crippen molar-refractivity contribution in [1.29, 1.82) is 0 Å². The molecule has 0 saturated carbocycles. The number of alkyl halides is 2. The van der Waals surface area contributed by atoms with Crippen molar-refractivity contribution in [2.24, 2.45) is 0 Å². The molecule has 0 saturated heterocycles. The van der Waals surface area contributed by atoms with Gasteiger partial charge in [0.2, 0.25) is 5.91 Å². The highest BCUT2D eigenvalue weighted by Crippen LogP contribution is 2.31. The number of nitrogens with one attached hydrogen (secondary N) is 2. The van der Waals surface area contributed by atoms with E-state index in [0.717, 1.165) is 5.56 Å². The highest BCUT2D eigenvalue weighted by molar-refractivity contribution is 6.32. The van der Waals surface area contributed by atoms with Gasteiger partial charge < -0.3 is 20.1 Å². The van der Waals surface area contributed by atoms with Crippen LogP contribution >= 0.6 is 23.2 Å². The van der Waals surface area contributed by atoms with Crippen LogP contribution in [0.2, 0.25) is 10.0 Å². The smallest absolute Gasteiger partial charge is 0.387 e. The molecule has 2 N–H and O–H groups in total. The molecule has 0 aromatic heterocycles. The van der Waals surface area contributed by atoms with Gasteiger partial charge in [0.15, 0.2) is 0 Å². The van der Waals surface area contributed by atoms with Crippen LogP contribution in [0, 0.1) is 6.92 Å². The molecule has 2 aromatic rings. The molecule has 0 radical (unpaired) electrons. The van der Waals surface area contributed by atoms with Gasteiger partial charge in [-0.3, -0.25) is 4.79 Å². The van der Waals surface area contributed by atoms with Crippen LogP contribution in [0.3, 0.4) is 0 Å². The van der Waals surface area contributed by atoms with E-state index in [-0.39, 0.29) is 23.2 Å². The van der Waals surface area contributed by atoms with Crippen molar-refractivity contribution >= 4 is 40.5 Å². The van der Waals surface area contributed by atoms with Crippen LogP contribution in [-0.4, -0.2) is 26.2 Å². The SMILES string of the molecule is COc1cc(Cl)c(C)cc1NC(=O)CNc1ccc(OC(F)F)c(Cl)c1. The molecule has 0 aliphatic rings. The first kappa shape index (κ1) is 20.1. The summed E-state index contributed by atoms with van der Waals surface area (Å²) >= 11 is 11.9. The number of methoxy groups -OCH3 is 1. The number of hydrogen-bond acceptors (Lipinski definition) is 4. The Hall–Kier alpha value is -2.25. The highest BCUT2D eigenvalue weighted by atomic mass is 35.5. The lowest BCUT2D eigenvalue weighted by Gasteiger charge is -2.13. The number of rotatable bonds is 7. The van der Waals surface area contributed by atoms with Gasteiger partial charge in [-0.2, -0.15) is 8.78 Å². The summed E-state index contributed by atoms with van der Waals surface area (Å²) in [5.41, 5.74) is 1.75. The van der Waals surface area contributed by atoms with Crippen LogP contribution in [0.4, 0.5) is 20.2 Å². The van der Waals surface area contributed by atoms with E-state index in [9.17, 15) is 13.6 Å². The number of carbonyl (C=O) groups is 1. The quantitative estimate of drug-likeness (QED) is 0.684. The van der Waals surface area contributed by atoms with Crippen LogP contribution in [0.1, 0.15) is 5.56 Å². The first-order chi connectivity index (χ1) is 12.3. The fourth-order valence-corrected chi connectivity index (χ4v) is 2.49. The van der Waals surface area contributed by atoms with Crippen molar-refractivity contribution in [3.63, 3.8) is 0 Å². The predicted octanol–water partition coefficient (Wildman–Crippen LogP) is 4.96. The van der Waals surface area contributed by atoms with E-state index in [2.05, 4.69) is 15.4 Å². The number of benzene rings is 2. The zero-order valence-electron chi connectivity index (χ0n) is 13.9. The summed E-state index contributed by atoms with van der Waals surface area (Å²) in [6, 6.07) is 7.47. The molecule has 0 atom stereocenters. The van der Waals surface area contributed by atoms with Crippen molar-refractivity contribution in [2.45, 2.75) is 13.5 Å². The monoisotopic (exact) mass is 404 g/mol. The summed E-state index contributed by atoms with van der Waals surface area (Å²) in [6.45, 7) is -1.23. The van der Waals surface area contributed by atoms with Gasteiger partial charge in [-0.15, -0.1) is 0 Å². The van der Waals surface area contributed by atoms with Crippen molar-refractivity contribution in [3.8, 4) is 11.5 Å². The molecule has 1 amide bonds. The van der Waals surface area contributed by atoms with E-state index >= 15 is 0 Å². The van der Waals surface area contributed by atoms with E-state index in [0.29, 0.717) is 22.1 Å². The largest absolute Gasteiger partial charge is 0.495 e. The lowest BCUT2D eigenvalue weighted by Crippen LogP contribution is -2.22. The van der Waals surface area contributed by atoms with Gasteiger partial charge in [0.05, 0.1) is 24.4 Å². The van der Waals surface area contributed by atoms with Gasteiger partial charge in [-0.25, -0.2) is 0 Å². The van der Waals surface area contributed by atoms with Gasteiger partial charge >= 0.3 is 6.61 Å². The maximum absolute atomic E-state index is 12.2. The summed E-state index contributed by atoms with van der Waals surface area (Å²) in [7, 11) is 1.47. The molecule has 0 aliphatic carbocycles. The van der Waals surface area contributed by atoms with Gasteiger partial charge in [-0.05, 0) is 36.8 Å². The van der Waals surface area contributed by atoms with Gasteiger partial charge in [0, 0.05) is 16.8 Å². The Balaban J connectivity index is 1.99. The van der Waals surface area contributed by atoms with Crippen molar-refractivity contribution in [3.05, 3.63) is 45.9 Å². The maximum Gasteiger partial charge on any atom is 0.387 e. The van der Waals surface area contributed by atoms with Crippen molar-refractivity contribution in [2.75, 3.05) is 24.3 Å². The molecule has 5 nitrogen and oxygen atoms in total. The maximum atomic E-state index is 12.2. The number of halogens is 4. The molecule has 0 unspecified atom stereocenters. The first-order valence-electron chi connectivity index (χ1n) is 7.42. The molecule has 0 bridgehead atoms. The minimum Gasteiger partial charge on any atom is -0.495 e. The molecule has 2 aromatic carbocycles. The predicted molar refractivity (Wildman–Crippen MR) is 97.9 cm³/mol. The lowest BCUT2D eigenvalue weighted by molar-refractivity contribution is -0.114. The molecule has 0 aliphatic heterocycles. The van der Waals surface area contributed by atoms with Crippen molar-refractivity contribution in [1.82, 2.24) is 0 Å². The van der Waals surface area contributed by atoms with Crippen molar-refractivity contribution < 1.29 is 23.0 Å². The summed E-state index contributed by atoms with van der Waals surface area (Å²) in [5.74, 6) is -0.0439. The molecule has 140 valence electrons. The average Bonchev–Trinajstić information content (AvgIpc) is 2.58. The van der Waals surface area contributed by atoms with Crippen LogP contribution in [0.5, 0.6) is 11.5 Å². The molecule has 0 spiro atoms. The minimum absolute atomic E-state index is 0.00528. The Morgan fingerprint density at radius 2 is 1.88 bits per heavy atom. The molecule has 0 fully saturated rings. The van der Waals surface area contributed by atoms with E-state index in [4.69, 9.17) is 27.9 Å². The number of anilines is 2. The molecule has 2 rings (SSSR count). The second kappa shape index (κ2) is 8.91. The summed E-state index contributed by atoms with van der Waals surface area (Å²) in [6.07, 6.45) is 0. The number of aryl methyl sites for hydroxylation is 1. The molecular weight excluding hydrogens is 389 g/mol. The van der Waals surface area contributed by atoms with E-state index < -0.39 is 6.61 Å². The normalized spacial score (nSPS) is 10.6. The second-order valence-corrected chi connectivity index (χ2v) is 6.04. The fourth-order valence-electron chi connectivity index (χ4n) is 2.11. The fraction of sp³-hybridized carbons (Fsp3) is 0.235. The van der Waals surface area contributed by atoms with Crippen LogP contribution in [-0.2, 0) is 4.79 Å². The topological polar surface area (TPSA) is 59.6 Å². The van der Waals surface area contributed by atoms with Crippen LogP contribution < -0.4 is 20.1 Å². The van der Waals surface area contributed by atoms with Gasteiger partial charge in [-0.1, -0.05) is 23.2 Å². The number of ether oxygens (including phenoxy) is 2. The zero-order chi connectivity index (χ0) is 19.3. The third-order valence-electron chi connectivity index (χ3n) is 3.36. The Kier molecular flexibility index (Phi) is 6.88. The van der Waals surface area contributed by atoms with E-state index in [1.165, 1.54) is 25.3 Å². The molecular formula is C17H16Cl2F2N2O3. The van der Waals surface area contributed by atoms with Crippen LogP contribution in [0.25, 0.3) is 0 Å². The minimum atomic E-state index is -2.96. The Morgan fingerprint density at radius 1 is 1.15 bits per heavy atom.